The molecule has 0 saturated heterocycles. The van der Waals surface area contributed by atoms with Crippen LogP contribution >= 0.6 is 11.6 Å². The largest absolute Gasteiger partial charge is 0.491 e. The van der Waals surface area contributed by atoms with E-state index < -0.39 is 10.0 Å². The summed E-state index contributed by atoms with van der Waals surface area (Å²) in [6.07, 6.45) is 0.693. The molecule has 5 nitrogen and oxygen atoms in total. The first-order valence-electron chi connectivity index (χ1n) is 6.18. The average Bonchev–Trinajstić information content (AvgIpc) is 2.37. The number of pyridine rings is 1. The van der Waals surface area contributed by atoms with E-state index in [0.29, 0.717) is 29.7 Å². The van der Waals surface area contributed by atoms with Crippen LogP contribution in [0.2, 0.25) is 5.15 Å². The zero-order valence-corrected chi connectivity index (χ0v) is 13.0. The van der Waals surface area contributed by atoms with Gasteiger partial charge in [-0.05, 0) is 31.2 Å². The molecule has 112 valence electrons. The Morgan fingerprint density at radius 3 is 2.71 bits per heavy atom. The second-order valence-electron chi connectivity index (χ2n) is 4.69. The van der Waals surface area contributed by atoms with E-state index in [4.69, 9.17) is 21.5 Å². The van der Waals surface area contributed by atoms with Gasteiger partial charge in [-0.25, -0.2) is 18.5 Å². The number of aromatic nitrogens is 1. The highest BCUT2D eigenvalue weighted by Gasteiger charge is 2.16. The van der Waals surface area contributed by atoms with Gasteiger partial charge in [0.25, 0.3) is 0 Å². The van der Waals surface area contributed by atoms with E-state index in [1.807, 2.05) is 6.92 Å². The number of halogens is 1. The van der Waals surface area contributed by atoms with Gasteiger partial charge in [-0.3, -0.25) is 0 Å². The van der Waals surface area contributed by atoms with Gasteiger partial charge in [-0.15, -0.1) is 6.58 Å². The SMILES string of the molecule is C=C(C)CCOc1ccc(S(N)(=O)=O)c2ccc(Cl)nc12. The summed E-state index contributed by atoms with van der Waals surface area (Å²) >= 11 is 5.88. The molecule has 0 spiro atoms. The Morgan fingerprint density at radius 2 is 2.10 bits per heavy atom. The number of ether oxygens (including phenoxy) is 1. The van der Waals surface area contributed by atoms with Gasteiger partial charge in [0.1, 0.15) is 16.4 Å². The van der Waals surface area contributed by atoms with Crippen molar-refractivity contribution >= 4 is 32.5 Å². The van der Waals surface area contributed by atoms with Crippen molar-refractivity contribution in [3.05, 3.63) is 41.6 Å². The Morgan fingerprint density at radius 1 is 1.38 bits per heavy atom. The van der Waals surface area contributed by atoms with Crippen molar-refractivity contribution in [3.63, 3.8) is 0 Å². The molecule has 0 radical (unpaired) electrons. The van der Waals surface area contributed by atoms with Gasteiger partial charge in [0.05, 0.1) is 11.5 Å². The van der Waals surface area contributed by atoms with E-state index in [2.05, 4.69) is 11.6 Å². The Balaban J connectivity index is 2.53. The van der Waals surface area contributed by atoms with Crippen molar-refractivity contribution in [2.75, 3.05) is 6.61 Å². The van der Waals surface area contributed by atoms with Gasteiger partial charge in [-0.1, -0.05) is 17.2 Å². The average molecular weight is 327 g/mol. The van der Waals surface area contributed by atoms with Crippen LogP contribution in [0.25, 0.3) is 10.9 Å². The molecule has 0 aliphatic heterocycles. The van der Waals surface area contributed by atoms with Crippen LogP contribution in [-0.4, -0.2) is 20.0 Å². The van der Waals surface area contributed by atoms with Crippen LogP contribution in [0.3, 0.4) is 0 Å². The molecule has 0 saturated carbocycles. The maximum atomic E-state index is 11.6. The minimum Gasteiger partial charge on any atom is -0.491 e. The number of hydrogen-bond donors (Lipinski definition) is 1. The highest BCUT2D eigenvalue weighted by molar-refractivity contribution is 7.89. The molecule has 1 aromatic carbocycles. The van der Waals surface area contributed by atoms with E-state index in [0.717, 1.165) is 5.57 Å². The summed E-state index contributed by atoms with van der Waals surface area (Å²) in [7, 11) is -3.85. The van der Waals surface area contributed by atoms with Crippen LogP contribution < -0.4 is 9.88 Å². The third-order valence-corrected chi connectivity index (χ3v) is 4.02. The summed E-state index contributed by atoms with van der Waals surface area (Å²) in [4.78, 5) is 4.14. The predicted molar refractivity (Wildman–Crippen MR) is 83.1 cm³/mol. The fourth-order valence-corrected chi connectivity index (χ4v) is 2.72. The zero-order chi connectivity index (χ0) is 15.6. The molecular formula is C14H15ClN2O3S. The van der Waals surface area contributed by atoms with E-state index >= 15 is 0 Å². The molecule has 2 rings (SSSR count). The van der Waals surface area contributed by atoms with Gasteiger partial charge in [-0.2, -0.15) is 0 Å². The van der Waals surface area contributed by atoms with Gasteiger partial charge in [0, 0.05) is 11.8 Å². The maximum absolute atomic E-state index is 11.6. The molecule has 0 atom stereocenters. The number of sulfonamides is 1. The lowest BCUT2D eigenvalue weighted by Gasteiger charge is -2.11. The van der Waals surface area contributed by atoms with Crippen molar-refractivity contribution in [1.29, 1.82) is 0 Å². The second-order valence-corrected chi connectivity index (χ2v) is 6.61. The fourth-order valence-electron chi connectivity index (χ4n) is 1.84. The molecule has 7 heteroatoms. The lowest BCUT2D eigenvalue weighted by atomic mass is 10.2. The molecular weight excluding hydrogens is 312 g/mol. The topological polar surface area (TPSA) is 82.3 Å². The summed E-state index contributed by atoms with van der Waals surface area (Å²) in [6.45, 7) is 6.12. The predicted octanol–water partition coefficient (Wildman–Crippen LogP) is 2.88. The molecule has 0 amide bonds. The summed E-state index contributed by atoms with van der Waals surface area (Å²) in [5.41, 5.74) is 1.36. The third-order valence-electron chi connectivity index (χ3n) is 2.84. The van der Waals surface area contributed by atoms with Crippen molar-refractivity contribution in [2.45, 2.75) is 18.2 Å². The number of benzene rings is 1. The molecule has 0 fully saturated rings. The van der Waals surface area contributed by atoms with E-state index in [1.54, 1.807) is 6.07 Å². The number of nitrogens with two attached hydrogens (primary N) is 1. The van der Waals surface area contributed by atoms with E-state index in [1.165, 1.54) is 18.2 Å². The van der Waals surface area contributed by atoms with Gasteiger partial charge in [0.15, 0.2) is 0 Å². The molecule has 21 heavy (non-hydrogen) atoms. The van der Waals surface area contributed by atoms with E-state index in [-0.39, 0.29) is 10.0 Å². The van der Waals surface area contributed by atoms with Crippen LogP contribution in [-0.2, 0) is 10.0 Å². The molecule has 0 unspecified atom stereocenters. The second kappa shape index (κ2) is 6.01. The number of hydrogen-bond acceptors (Lipinski definition) is 4. The standard InChI is InChI=1S/C14H15ClN2O3S/c1-9(2)7-8-20-11-4-5-12(21(16,18)19)10-3-6-13(15)17-14(10)11/h3-6H,1,7-8H2,2H3,(H2,16,18,19). The number of primary sulfonamides is 1. The quantitative estimate of drug-likeness (QED) is 0.676. The molecule has 1 aromatic heterocycles. The minimum absolute atomic E-state index is 0.00563. The van der Waals surface area contributed by atoms with Gasteiger partial charge < -0.3 is 4.74 Å². The highest BCUT2D eigenvalue weighted by Crippen LogP contribution is 2.30. The summed E-state index contributed by atoms with van der Waals surface area (Å²) in [5.74, 6) is 0.459. The smallest absolute Gasteiger partial charge is 0.238 e. The van der Waals surface area contributed by atoms with Crippen LogP contribution in [0.4, 0.5) is 0 Å². The first kappa shape index (κ1) is 15.8. The Hall–Kier alpha value is -1.63. The Labute approximate surface area is 128 Å². The number of rotatable bonds is 5. The van der Waals surface area contributed by atoms with E-state index in [9.17, 15) is 8.42 Å². The van der Waals surface area contributed by atoms with Gasteiger partial charge >= 0.3 is 0 Å². The van der Waals surface area contributed by atoms with Crippen LogP contribution in [0.5, 0.6) is 5.75 Å². The summed E-state index contributed by atoms with van der Waals surface area (Å²) in [5, 5.41) is 5.84. The van der Waals surface area contributed by atoms with Crippen molar-refractivity contribution in [2.24, 2.45) is 5.14 Å². The molecule has 0 bridgehead atoms. The lowest BCUT2D eigenvalue weighted by molar-refractivity contribution is 0.325. The zero-order valence-electron chi connectivity index (χ0n) is 11.5. The number of fused-ring (bicyclic) bond motifs is 1. The van der Waals surface area contributed by atoms with Gasteiger partial charge in [0.2, 0.25) is 10.0 Å². The minimum atomic E-state index is -3.85. The summed E-state index contributed by atoms with van der Waals surface area (Å²) in [6, 6.07) is 6.01. The first-order chi connectivity index (χ1) is 9.79. The monoisotopic (exact) mass is 326 g/mol. The van der Waals surface area contributed by atoms with Crippen molar-refractivity contribution < 1.29 is 13.2 Å². The van der Waals surface area contributed by atoms with Crippen LogP contribution in [0, 0.1) is 0 Å². The molecule has 2 N–H and O–H groups in total. The fraction of sp³-hybridized carbons (Fsp3) is 0.214. The van der Waals surface area contributed by atoms with Crippen LogP contribution in [0.1, 0.15) is 13.3 Å². The molecule has 1 heterocycles. The van der Waals surface area contributed by atoms with Crippen molar-refractivity contribution in [1.82, 2.24) is 4.98 Å². The third kappa shape index (κ3) is 3.72. The Kier molecular flexibility index (Phi) is 4.51. The normalized spacial score (nSPS) is 11.6. The highest BCUT2D eigenvalue weighted by atomic mass is 35.5. The van der Waals surface area contributed by atoms with Crippen molar-refractivity contribution in [3.8, 4) is 5.75 Å². The molecule has 2 aromatic rings. The molecule has 0 aliphatic carbocycles. The summed E-state index contributed by atoms with van der Waals surface area (Å²) < 4.78 is 28.9. The maximum Gasteiger partial charge on any atom is 0.238 e. The van der Waals surface area contributed by atoms with Crippen LogP contribution in [0.15, 0.2) is 41.3 Å². The molecule has 0 aliphatic rings. The number of nitrogens with zero attached hydrogens (tertiary/aromatic N) is 1. The first-order valence-corrected chi connectivity index (χ1v) is 8.10. The Bertz CT molecular complexity index is 803. The lowest BCUT2D eigenvalue weighted by Crippen LogP contribution is -2.13.